The van der Waals surface area contributed by atoms with Crippen LogP contribution >= 0.6 is 23.1 Å². The third-order valence-corrected chi connectivity index (χ3v) is 7.14. The van der Waals surface area contributed by atoms with Gasteiger partial charge in [0.2, 0.25) is 0 Å². The van der Waals surface area contributed by atoms with Crippen molar-refractivity contribution in [2.75, 3.05) is 11.5 Å². The van der Waals surface area contributed by atoms with Gasteiger partial charge in [-0.05, 0) is 30.7 Å². The van der Waals surface area contributed by atoms with Crippen molar-refractivity contribution in [3.05, 3.63) is 46.3 Å². The van der Waals surface area contributed by atoms with Crippen LogP contribution in [-0.4, -0.2) is 21.5 Å². The Balaban J connectivity index is 1.55. The Hall–Kier alpha value is -1.92. The minimum atomic E-state index is 0.0794. The summed E-state index contributed by atoms with van der Waals surface area (Å²) in [5.74, 6) is 1.73. The summed E-state index contributed by atoms with van der Waals surface area (Å²) in [6.45, 7) is 2.25. The minimum Gasteiger partial charge on any atom is -0.383 e. The molecule has 0 fully saturated rings. The van der Waals surface area contributed by atoms with Gasteiger partial charge >= 0.3 is 0 Å². The molecule has 0 spiro atoms. The number of ketones is 1. The average molecular weight is 398 g/mol. The highest BCUT2D eigenvalue weighted by atomic mass is 32.2. The zero-order valence-electron chi connectivity index (χ0n) is 15.4. The first kappa shape index (κ1) is 18.4. The van der Waals surface area contributed by atoms with E-state index in [0.717, 1.165) is 29.0 Å². The number of aromatic nitrogens is 2. The van der Waals surface area contributed by atoms with Crippen molar-refractivity contribution in [3.63, 3.8) is 0 Å². The van der Waals surface area contributed by atoms with Crippen LogP contribution in [0.1, 0.15) is 47.0 Å². The van der Waals surface area contributed by atoms with E-state index in [1.165, 1.54) is 41.5 Å². The molecule has 1 atom stereocenters. The minimum absolute atomic E-state index is 0.0794. The molecule has 1 aromatic carbocycles. The van der Waals surface area contributed by atoms with Gasteiger partial charge in [0, 0.05) is 10.4 Å². The first-order valence-corrected chi connectivity index (χ1v) is 11.2. The fourth-order valence-electron chi connectivity index (χ4n) is 3.81. The largest absolute Gasteiger partial charge is 0.383 e. The quantitative estimate of drug-likeness (QED) is 0.354. The second-order valence-electron chi connectivity index (χ2n) is 7.05. The summed E-state index contributed by atoms with van der Waals surface area (Å²) in [7, 11) is 0. The van der Waals surface area contributed by atoms with Crippen LogP contribution < -0.4 is 5.73 Å². The standard InChI is InChI=1S/C21H23N3OS2/c1-2-6-13-9-10-15-17(11-13)27-20-18(15)19(22)23-21(24-20)26-12-16(25)14-7-4-3-5-8-14/h3-5,7-8,13H,2,6,9-12H2,1H3,(H2,22,23,24). The van der Waals surface area contributed by atoms with Crippen molar-refractivity contribution in [1.82, 2.24) is 9.97 Å². The second-order valence-corrected chi connectivity index (χ2v) is 9.08. The van der Waals surface area contributed by atoms with E-state index in [1.807, 2.05) is 30.3 Å². The summed E-state index contributed by atoms with van der Waals surface area (Å²) in [5, 5.41) is 1.64. The lowest BCUT2D eigenvalue weighted by atomic mass is 9.85. The predicted molar refractivity (Wildman–Crippen MR) is 114 cm³/mol. The van der Waals surface area contributed by atoms with Gasteiger partial charge in [0.15, 0.2) is 10.9 Å². The number of nitrogens with two attached hydrogens (primary N) is 1. The number of Topliss-reactive ketones (excluding diaryl/α,β-unsaturated/α-hetero) is 1. The Labute approximate surface area is 167 Å². The monoisotopic (exact) mass is 397 g/mol. The maximum Gasteiger partial charge on any atom is 0.191 e. The number of nitrogen functional groups attached to an aromatic ring is 1. The number of hydrogen-bond donors (Lipinski definition) is 1. The van der Waals surface area contributed by atoms with Gasteiger partial charge in [-0.15, -0.1) is 11.3 Å². The van der Waals surface area contributed by atoms with Crippen molar-refractivity contribution in [3.8, 4) is 0 Å². The summed E-state index contributed by atoms with van der Waals surface area (Å²) >= 11 is 3.12. The van der Waals surface area contributed by atoms with E-state index in [-0.39, 0.29) is 5.78 Å². The van der Waals surface area contributed by atoms with Gasteiger partial charge in [0.05, 0.1) is 11.1 Å². The van der Waals surface area contributed by atoms with E-state index >= 15 is 0 Å². The highest BCUT2D eigenvalue weighted by Gasteiger charge is 2.25. The van der Waals surface area contributed by atoms with E-state index in [2.05, 4.69) is 11.9 Å². The number of rotatable bonds is 6. The molecular weight excluding hydrogens is 374 g/mol. The number of thioether (sulfide) groups is 1. The normalized spacial score (nSPS) is 16.4. The Kier molecular flexibility index (Phi) is 5.45. The van der Waals surface area contributed by atoms with Crippen molar-refractivity contribution in [1.29, 1.82) is 0 Å². The summed E-state index contributed by atoms with van der Waals surface area (Å²) in [5.41, 5.74) is 8.37. The molecule has 2 aromatic heterocycles. The fraction of sp³-hybridized carbons (Fsp3) is 0.381. The molecule has 0 amide bonds. The van der Waals surface area contributed by atoms with E-state index in [1.54, 1.807) is 11.3 Å². The lowest BCUT2D eigenvalue weighted by molar-refractivity contribution is 0.102. The number of thiophene rings is 1. The molecule has 3 aromatic rings. The molecule has 0 radical (unpaired) electrons. The first-order chi connectivity index (χ1) is 13.2. The van der Waals surface area contributed by atoms with Crippen LogP contribution in [0.25, 0.3) is 10.2 Å². The third-order valence-electron chi connectivity index (χ3n) is 5.14. The number of anilines is 1. The van der Waals surface area contributed by atoms with E-state index < -0.39 is 0 Å². The zero-order chi connectivity index (χ0) is 18.8. The molecule has 0 saturated heterocycles. The number of nitrogens with zero attached hydrogens (tertiary/aromatic N) is 2. The Morgan fingerprint density at radius 3 is 2.89 bits per heavy atom. The van der Waals surface area contributed by atoms with Crippen LogP contribution in [-0.2, 0) is 12.8 Å². The molecule has 4 nitrogen and oxygen atoms in total. The second kappa shape index (κ2) is 7.98. The van der Waals surface area contributed by atoms with Crippen molar-refractivity contribution >= 4 is 44.9 Å². The highest BCUT2D eigenvalue weighted by molar-refractivity contribution is 7.99. The van der Waals surface area contributed by atoms with E-state index in [0.29, 0.717) is 22.3 Å². The fourth-order valence-corrected chi connectivity index (χ4v) is 5.96. The topological polar surface area (TPSA) is 68.9 Å². The van der Waals surface area contributed by atoms with Crippen LogP contribution in [0.2, 0.25) is 0 Å². The van der Waals surface area contributed by atoms with Crippen LogP contribution in [0.15, 0.2) is 35.5 Å². The van der Waals surface area contributed by atoms with Gasteiger partial charge in [-0.2, -0.15) is 0 Å². The molecule has 27 heavy (non-hydrogen) atoms. The van der Waals surface area contributed by atoms with Crippen molar-refractivity contribution in [2.45, 2.75) is 44.2 Å². The Morgan fingerprint density at radius 2 is 2.11 bits per heavy atom. The van der Waals surface area contributed by atoms with E-state index in [4.69, 9.17) is 10.7 Å². The van der Waals surface area contributed by atoms with Crippen LogP contribution in [0.4, 0.5) is 5.82 Å². The van der Waals surface area contributed by atoms with Crippen LogP contribution in [0.3, 0.4) is 0 Å². The summed E-state index contributed by atoms with van der Waals surface area (Å²) in [4.78, 5) is 23.9. The molecule has 2 heterocycles. The number of aryl methyl sites for hydroxylation is 1. The zero-order valence-corrected chi connectivity index (χ0v) is 17.0. The molecule has 2 N–H and O–H groups in total. The van der Waals surface area contributed by atoms with Crippen LogP contribution in [0.5, 0.6) is 0 Å². The number of carbonyl (C=O) groups excluding carboxylic acids is 1. The first-order valence-electron chi connectivity index (χ1n) is 9.44. The van der Waals surface area contributed by atoms with Gasteiger partial charge in [-0.1, -0.05) is 61.9 Å². The number of carbonyl (C=O) groups is 1. The molecule has 1 aliphatic carbocycles. The molecular formula is C21H23N3OS2. The van der Waals surface area contributed by atoms with Crippen molar-refractivity contribution < 1.29 is 4.79 Å². The van der Waals surface area contributed by atoms with Gasteiger partial charge in [0.1, 0.15) is 10.6 Å². The van der Waals surface area contributed by atoms with Gasteiger partial charge in [0.25, 0.3) is 0 Å². The third kappa shape index (κ3) is 3.87. The number of benzene rings is 1. The number of hydrogen-bond acceptors (Lipinski definition) is 6. The maximum absolute atomic E-state index is 12.3. The van der Waals surface area contributed by atoms with Crippen LogP contribution in [0, 0.1) is 5.92 Å². The SMILES string of the molecule is CCCC1CCc2c(sc3nc(SCC(=O)c4ccccc4)nc(N)c23)C1. The Bertz CT molecular complexity index is 968. The van der Waals surface area contributed by atoms with E-state index in [9.17, 15) is 4.79 Å². The maximum atomic E-state index is 12.3. The van der Waals surface area contributed by atoms with Gasteiger partial charge in [-0.25, -0.2) is 9.97 Å². The summed E-state index contributed by atoms with van der Waals surface area (Å²) in [6, 6.07) is 9.33. The molecule has 6 heteroatoms. The number of fused-ring (bicyclic) bond motifs is 3. The van der Waals surface area contributed by atoms with Crippen molar-refractivity contribution in [2.24, 2.45) is 5.92 Å². The molecule has 1 unspecified atom stereocenters. The lowest BCUT2D eigenvalue weighted by Crippen LogP contribution is -2.12. The van der Waals surface area contributed by atoms with Gasteiger partial charge in [-0.3, -0.25) is 4.79 Å². The average Bonchev–Trinajstić information content (AvgIpc) is 3.05. The molecule has 0 aliphatic heterocycles. The molecule has 0 bridgehead atoms. The highest BCUT2D eigenvalue weighted by Crippen LogP contribution is 2.40. The predicted octanol–water partition coefficient (Wildman–Crippen LogP) is 5.15. The molecule has 1 aliphatic rings. The smallest absolute Gasteiger partial charge is 0.191 e. The Morgan fingerprint density at radius 1 is 1.30 bits per heavy atom. The molecule has 0 saturated carbocycles. The molecule has 140 valence electrons. The summed E-state index contributed by atoms with van der Waals surface area (Å²) in [6.07, 6.45) is 5.97. The molecule has 4 rings (SSSR count). The van der Waals surface area contributed by atoms with Gasteiger partial charge < -0.3 is 5.73 Å². The lowest BCUT2D eigenvalue weighted by Gasteiger charge is -2.21. The summed E-state index contributed by atoms with van der Waals surface area (Å²) < 4.78 is 0.